The molecule has 1 fully saturated rings. The summed E-state index contributed by atoms with van der Waals surface area (Å²) in [4.78, 5) is 14.5. The van der Waals surface area contributed by atoms with Gasteiger partial charge >= 0.3 is 0 Å². The number of nitrogens with one attached hydrogen (secondary N) is 1. The number of benzene rings is 2. The number of morpholine rings is 1. The van der Waals surface area contributed by atoms with Gasteiger partial charge in [0.15, 0.2) is 5.78 Å². The molecule has 2 aromatic carbocycles. The molecule has 1 saturated heterocycles. The fourth-order valence-corrected chi connectivity index (χ4v) is 2.86. The molecule has 0 spiro atoms. The Morgan fingerprint density at radius 3 is 2.36 bits per heavy atom. The lowest BCUT2D eigenvalue weighted by Gasteiger charge is -2.29. The van der Waals surface area contributed by atoms with E-state index >= 15 is 0 Å². The maximum absolute atomic E-state index is 12.2. The molecule has 3 rings (SSSR count). The van der Waals surface area contributed by atoms with E-state index < -0.39 is 0 Å². The van der Waals surface area contributed by atoms with E-state index in [0.29, 0.717) is 10.6 Å². The highest BCUT2D eigenvalue weighted by molar-refractivity contribution is 6.30. The monoisotopic (exact) mass is 356 g/mol. The van der Waals surface area contributed by atoms with E-state index in [2.05, 4.69) is 22.3 Å². The second-order valence-electron chi connectivity index (χ2n) is 5.97. The predicted molar refractivity (Wildman–Crippen MR) is 103 cm³/mol. The van der Waals surface area contributed by atoms with Crippen LogP contribution in [0.2, 0.25) is 5.02 Å². The smallest absolute Gasteiger partial charge is 0.187 e. The average molecular weight is 357 g/mol. The summed E-state index contributed by atoms with van der Waals surface area (Å²) in [7, 11) is 0. The van der Waals surface area contributed by atoms with Gasteiger partial charge in [-0.25, -0.2) is 0 Å². The topological polar surface area (TPSA) is 41.6 Å². The van der Waals surface area contributed by atoms with Crippen LogP contribution in [0.4, 0.5) is 11.4 Å². The van der Waals surface area contributed by atoms with Crippen molar-refractivity contribution < 1.29 is 9.53 Å². The number of rotatable bonds is 5. The number of nitrogens with zero attached hydrogens (tertiary/aromatic N) is 1. The highest BCUT2D eigenvalue weighted by Crippen LogP contribution is 2.20. The van der Waals surface area contributed by atoms with Gasteiger partial charge in [-0.3, -0.25) is 4.79 Å². The van der Waals surface area contributed by atoms with Gasteiger partial charge in [0.05, 0.1) is 13.2 Å². The third-order valence-electron chi connectivity index (χ3n) is 4.06. The number of carbonyl (C=O) groups is 1. The van der Waals surface area contributed by atoms with Crippen molar-refractivity contribution in [1.82, 2.24) is 0 Å². The third-order valence-corrected chi connectivity index (χ3v) is 4.31. The summed E-state index contributed by atoms with van der Waals surface area (Å²) in [5.74, 6) is -0.0494. The van der Waals surface area contributed by atoms with Crippen LogP contribution in [0.5, 0.6) is 0 Å². The Kier molecular flexibility index (Phi) is 5.74. The fourth-order valence-electron chi connectivity index (χ4n) is 2.74. The van der Waals surface area contributed by atoms with Gasteiger partial charge in [-0.15, -0.1) is 0 Å². The molecule has 0 radical (unpaired) electrons. The number of hydrogen-bond donors (Lipinski definition) is 1. The Morgan fingerprint density at radius 1 is 1.08 bits per heavy atom. The lowest BCUT2D eigenvalue weighted by molar-refractivity contribution is 0.104. The lowest BCUT2D eigenvalue weighted by atomic mass is 10.1. The maximum Gasteiger partial charge on any atom is 0.187 e. The van der Waals surface area contributed by atoms with Crippen molar-refractivity contribution in [1.29, 1.82) is 0 Å². The summed E-state index contributed by atoms with van der Waals surface area (Å²) in [5, 5.41) is 3.88. The second-order valence-corrected chi connectivity index (χ2v) is 6.41. The first-order valence-corrected chi connectivity index (χ1v) is 8.67. The Bertz CT molecular complexity index is 748. The van der Waals surface area contributed by atoms with Gasteiger partial charge in [0.1, 0.15) is 0 Å². The van der Waals surface area contributed by atoms with Crippen molar-refractivity contribution in [3.05, 3.63) is 70.9 Å². The molecule has 4 nitrogen and oxygen atoms in total. The minimum absolute atomic E-state index is 0.0494. The number of ketones is 1. The van der Waals surface area contributed by atoms with Crippen LogP contribution >= 0.6 is 11.6 Å². The van der Waals surface area contributed by atoms with E-state index in [1.165, 1.54) is 5.69 Å². The highest BCUT2D eigenvalue weighted by Gasteiger charge is 2.10. The van der Waals surface area contributed by atoms with E-state index in [-0.39, 0.29) is 5.78 Å². The van der Waals surface area contributed by atoms with Gasteiger partial charge in [-0.1, -0.05) is 11.6 Å². The van der Waals surface area contributed by atoms with Crippen molar-refractivity contribution in [2.75, 3.05) is 36.5 Å². The van der Waals surface area contributed by atoms with Crippen molar-refractivity contribution in [3.8, 4) is 0 Å². The molecule has 0 aliphatic carbocycles. The van der Waals surface area contributed by atoms with Gasteiger partial charge in [-0.2, -0.15) is 0 Å². The van der Waals surface area contributed by atoms with Gasteiger partial charge in [0.25, 0.3) is 0 Å². The van der Waals surface area contributed by atoms with Crippen LogP contribution in [0.15, 0.2) is 60.3 Å². The van der Waals surface area contributed by atoms with Crippen LogP contribution < -0.4 is 10.2 Å². The highest BCUT2D eigenvalue weighted by atomic mass is 35.5. The van der Waals surface area contributed by atoms with Crippen LogP contribution in [0.1, 0.15) is 17.3 Å². The molecule has 0 bridgehead atoms. The minimum atomic E-state index is -0.0494. The van der Waals surface area contributed by atoms with Crippen LogP contribution in [0, 0.1) is 0 Å². The minimum Gasteiger partial charge on any atom is -0.378 e. The molecular formula is C20H21ClN2O2. The van der Waals surface area contributed by atoms with Crippen molar-refractivity contribution in [2.45, 2.75) is 6.92 Å². The number of carbonyl (C=O) groups excluding carboxylic acids is 1. The summed E-state index contributed by atoms with van der Waals surface area (Å²) in [6, 6.07) is 15.1. The molecule has 0 saturated carbocycles. The molecule has 25 heavy (non-hydrogen) atoms. The Morgan fingerprint density at radius 2 is 1.72 bits per heavy atom. The summed E-state index contributed by atoms with van der Waals surface area (Å²) >= 11 is 5.85. The maximum atomic E-state index is 12.2. The molecule has 130 valence electrons. The standard InChI is InChI=1S/C20H21ClN2O2/c1-15(14-20(24)16-2-4-17(21)5-3-16)22-18-6-8-19(9-7-18)23-10-12-25-13-11-23/h2-9,14,22H,10-13H2,1H3. The van der Waals surface area contributed by atoms with Crippen LogP contribution in [0.3, 0.4) is 0 Å². The van der Waals surface area contributed by atoms with Gasteiger partial charge in [0.2, 0.25) is 0 Å². The Balaban J connectivity index is 1.62. The second kappa shape index (κ2) is 8.19. The molecular weight excluding hydrogens is 336 g/mol. The lowest BCUT2D eigenvalue weighted by Crippen LogP contribution is -2.36. The molecule has 2 aromatic rings. The number of allylic oxidation sites excluding steroid dienone is 2. The molecule has 1 N–H and O–H groups in total. The Labute approximate surface area is 153 Å². The zero-order valence-electron chi connectivity index (χ0n) is 14.2. The molecule has 1 heterocycles. The van der Waals surface area contributed by atoms with E-state index in [1.807, 2.05) is 19.1 Å². The van der Waals surface area contributed by atoms with Crippen LogP contribution in [-0.4, -0.2) is 32.1 Å². The molecule has 1 aliphatic rings. The summed E-state index contributed by atoms with van der Waals surface area (Å²) in [6.45, 7) is 5.26. The third kappa shape index (κ3) is 4.84. The number of halogens is 1. The van der Waals surface area contributed by atoms with Gasteiger partial charge < -0.3 is 15.0 Å². The molecule has 1 aliphatic heterocycles. The largest absolute Gasteiger partial charge is 0.378 e. The van der Waals surface area contributed by atoms with Crippen molar-refractivity contribution >= 4 is 28.8 Å². The van der Waals surface area contributed by atoms with E-state index in [9.17, 15) is 4.79 Å². The quantitative estimate of drug-likeness (QED) is 0.637. The molecule has 0 atom stereocenters. The molecule has 0 amide bonds. The number of hydrogen-bond acceptors (Lipinski definition) is 4. The summed E-state index contributed by atoms with van der Waals surface area (Å²) in [5.41, 5.74) is 3.55. The first-order chi connectivity index (χ1) is 12.1. The first kappa shape index (κ1) is 17.5. The predicted octanol–water partition coefficient (Wildman–Crippen LogP) is 4.38. The number of anilines is 2. The molecule has 0 aromatic heterocycles. The average Bonchev–Trinajstić information content (AvgIpc) is 2.63. The zero-order valence-corrected chi connectivity index (χ0v) is 14.9. The zero-order chi connectivity index (χ0) is 17.6. The SMILES string of the molecule is CC(=CC(=O)c1ccc(Cl)cc1)Nc1ccc(N2CCOCC2)cc1. The Hall–Kier alpha value is -2.30. The van der Waals surface area contributed by atoms with Crippen molar-refractivity contribution in [3.63, 3.8) is 0 Å². The summed E-state index contributed by atoms with van der Waals surface area (Å²) in [6.07, 6.45) is 1.60. The van der Waals surface area contributed by atoms with Crippen molar-refractivity contribution in [2.24, 2.45) is 0 Å². The van der Waals surface area contributed by atoms with E-state index in [1.54, 1.807) is 30.3 Å². The first-order valence-electron chi connectivity index (χ1n) is 8.30. The van der Waals surface area contributed by atoms with Gasteiger partial charge in [-0.05, 0) is 55.5 Å². The number of ether oxygens (including phenoxy) is 1. The van der Waals surface area contributed by atoms with E-state index in [4.69, 9.17) is 16.3 Å². The fraction of sp³-hybridized carbons (Fsp3) is 0.250. The normalized spacial score (nSPS) is 15.1. The van der Waals surface area contributed by atoms with E-state index in [0.717, 1.165) is 37.7 Å². The van der Waals surface area contributed by atoms with Crippen LogP contribution in [0.25, 0.3) is 0 Å². The molecule has 0 unspecified atom stereocenters. The summed E-state index contributed by atoms with van der Waals surface area (Å²) < 4.78 is 5.38. The van der Waals surface area contributed by atoms with Gasteiger partial charge in [0, 0.05) is 46.8 Å². The molecule has 5 heteroatoms. The van der Waals surface area contributed by atoms with Crippen LogP contribution in [-0.2, 0) is 4.74 Å².